The SMILES string of the molecule is Cc1ccc2c(c1)C1=C(CCC=C1)C2(c1ccccc1)c1ccccc1.Cc1ccccc1-c1ccc(-c2ccccc2-c2ccc(N(c3ccccc3)c3ccc(-c4ccc(-c5ccccc5)cc4)cc3)cc2)cc1C. The first-order valence-corrected chi connectivity index (χ1v) is 27.0. The number of nitrogens with zero attached hydrogens (tertiary/aromatic N) is 1. The number of benzene rings is 11. The summed E-state index contributed by atoms with van der Waals surface area (Å²) in [6.45, 7) is 6.59. The van der Waals surface area contributed by atoms with E-state index >= 15 is 0 Å². The second-order valence-electron chi connectivity index (χ2n) is 20.5. The van der Waals surface area contributed by atoms with Gasteiger partial charge in [0.1, 0.15) is 0 Å². The molecular formula is C76H61N. The van der Waals surface area contributed by atoms with Gasteiger partial charge >= 0.3 is 0 Å². The molecule has 2 aliphatic carbocycles. The first-order chi connectivity index (χ1) is 37.9. The summed E-state index contributed by atoms with van der Waals surface area (Å²) < 4.78 is 0. The maximum absolute atomic E-state index is 2.37. The van der Waals surface area contributed by atoms with E-state index in [0.717, 1.165) is 29.9 Å². The standard InChI is InChI=1S/C50H39N.C26H22/c1-36-13-9-10-18-47(36)48-34-29-43(35-37(48)2)50-20-12-11-19-49(50)42-27-32-46(33-28-42)51(44-16-7-4-8-17-44)45-30-25-41(26-31-45)40-23-21-39(22-24-40)38-14-5-3-6-15-38;1-19-16-17-25-23(18-19)22-14-8-9-15-24(22)26(25,20-10-4-2-5-11-20)21-12-6-3-7-13-21/h3-35H,1-2H3;2-8,10-14,16-18H,9,15H2,1H3. The van der Waals surface area contributed by atoms with Gasteiger partial charge in [-0.25, -0.2) is 0 Å². The molecular weight excluding hydrogens is 927 g/mol. The van der Waals surface area contributed by atoms with Crippen LogP contribution in [0.5, 0.6) is 0 Å². The molecule has 0 spiro atoms. The van der Waals surface area contributed by atoms with E-state index in [4.69, 9.17) is 0 Å². The van der Waals surface area contributed by atoms with Crippen LogP contribution in [0, 0.1) is 20.8 Å². The van der Waals surface area contributed by atoms with Gasteiger partial charge < -0.3 is 4.90 Å². The number of hydrogen-bond donors (Lipinski definition) is 0. The lowest BCUT2D eigenvalue weighted by molar-refractivity contribution is 0.696. The van der Waals surface area contributed by atoms with Crippen molar-refractivity contribution >= 4 is 22.6 Å². The fourth-order valence-electron chi connectivity index (χ4n) is 12.0. The van der Waals surface area contributed by atoms with Gasteiger partial charge in [-0.05, 0) is 170 Å². The maximum atomic E-state index is 2.37. The summed E-state index contributed by atoms with van der Waals surface area (Å²) in [6.07, 6.45) is 6.92. The van der Waals surface area contributed by atoms with Crippen LogP contribution in [0.4, 0.5) is 17.1 Å². The first-order valence-electron chi connectivity index (χ1n) is 27.0. The zero-order chi connectivity index (χ0) is 52.1. The number of para-hydroxylation sites is 1. The molecule has 0 saturated carbocycles. The van der Waals surface area contributed by atoms with Crippen LogP contribution in [0.25, 0.3) is 61.2 Å². The average molecular weight is 988 g/mol. The second kappa shape index (κ2) is 21.5. The van der Waals surface area contributed by atoms with Gasteiger partial charge in [-0.15, -0.1) is 0 Å². The molecule has 0 N–H and O–H groups in total. The lowest BCUT2D eigenvalue weighted by atomic mass is 9.65. The minimum atomic E-state index is -0.175. The highest BCUT2D eigenvalue weighted by molar-refractivity contribution is 5.91. The number of aryl methyl sites for hydroxylation is 3. The van der Waals surface area contributed by atoms with E-state index in [2.05, 4.69) is 317 Å². The van der Waals surface area contributed by atoms with E-state index in [1.165, 1.54) is 100 Å². The Balaban J connectivity index is 0.000000191. The normalized spacial score (nSPS) is 13.0. The number of fused-ring (bicyclic) bond motifs is 2. The summed E-state index contributed by atoms with van der Waals surface area (Å²) in [7, 11) is 0. The molecule has 1 heteroatoms. The molecule has 0 aromatic heterocycles. The highest BCUT2D eigenvalue weighted by Crippen LogP contribution is 2.57. The van der Waals surface area contributed by atoms with Gasteiger partial charge in [-0.2, -0.15) is 0 Å². The van der Waals surface area contributed by atoms with Crippen LogP contribution in [0.3, 0.4) is 0 Å². The van der Waals surface area contributed by atoms with Crippen molar-refractivity contribution in [2.24, 2.45) is 0 Å². The zero-order valence-electron chi connectivity index (χ0n) is 44.1. The summed E-state index contributed by atoms with van der Waals surface area (Å²) in [5.74, 6) is 0. The van der Waals surface area contributed by atoms with Crippen molar-refractivity contribution in [3.63, 3.8) is 0 Å². The molecule has 1 nitrogen and oxygen atoms in total. The van der Waals surface area contributed by atoms with Crippen molar-refractivity contribution in [1.29, 1.82) is 0 Å². The Hall–Kier alpha value is -9.30. The molecule has 370 valence electrons. The number of hydrogen-bond acceptors (Lipinski definition) is 1. The predicted octanol–water partition coefficient (Wildman–Crippen LogP) is 20.6. The molecule has 0 unspecified atom stereocenters. The predicted molar refractivity (Wildman–Crippen MR) is 327 cm³/mol. The molecule has 0 amide bonds. The van der Waals surface area contributed by atoms with Gasteiger partial charge in [0.25, 0.3) is 0 Å². The van der Waals surface area contributed by atoms with Gasteiger partial charge in [0.15, 0.2) is 0 Å². The van der Waals surface area contributed by atoms with Crippen molar-refractivity contribution in [3.05, 3.63) is 336 Å². The molecule has 0 fully saturated rings. The molecule has 11 aromatic carbocycles. The molecule has 0 saturated heterocycles. The Bertz CT molecular complexity index is 3850. The highest BCUT2D eigenvalue weighted by Gasteiger charge is 2.47. The third kappa shape index (κ3) is 9.47. The van der Waals surface area contributed by atoms with E-state index < -0.39 is 0 Å². The minimum absolute atomic E-state index is 0.175. The molecule has 0 atom stereocenters. The van der Waals surface area contributed by atoms with Crippen LogP contribution >= 0.6 is 0 Å². The zero-order valence-corrected chi connectivity index (χ0v) is 44.1. The Morgan fingerprint density at radius 1 is 0.325 bits per heavy atom. The lowest BCUT2D eigenvalue weighted by Crippen LogP contribution is -2.30. The number of allylic oxidation sites excluding steroid dienone is 4. The van der Waals surface area contributed by atoms with Crippen LogP contribution in [-0.4, -0.2) is 0 Å². The first kappa shape index (κ1) is 48.6. The van der Waals surface area contributed by atoms with Gasteiger partial charge in [-0.1, -0.05) is 260 Å². The quantitative estimate of drug-likeness (QED) is 0.132. The number of anilines is 3. The van der Waals surface area contributed by atoms with E-state index in [0.29, 0.717) is 0 Å². The Morgan fingerprint density at radius 2 is 0.766 bits per heavy atom. The third-order valence-electron chi connectivity index (χ3n) is 15.7. The summed E-state index contributed by atoms with van der Waals surface area (Å²) in [5.41, 5.74) is 27.9. The molecule has 0 bridgehead atoms. The van der Waals surface area contributed by atoms with Crippen molar-refractivity contribution < 1.29 is 0 Å². The molecule has 13 rings (SSSR count). The van der Waals surface area contributed by atoms with Gasteiger partial charge in [0, 0.05) is 17.1 Å². The summed E-state index contributed by atoms with van der Waals surface area (Å²) in [4.78, 5) is 2.33. The Labute approximate surface area is 455 Å². The smallest absolute Gasteiger partial charge is 0.0676 e. The average Bonchev–Trinajstić information content (AvgIpc) is 4.07. The molecule has 77 heavy (non-hydrogen) atoms. The fourth-order valence-corrected chi connectivity index (χ4v) is 12.0. The van der Waals surface area contributed by atoms with Crippen molar-refractivity contribution in [2.45, 2.75) is 39.0 Å². The number of rotatable bonds is 10. The van der Waals surface area contributed by atoms with Crippen LogP contribution < -0.4 is 4.90 Å². The minimum Gasteiger partial charge on any atom is -0.311 e. The third-order valence-corrected chi connectivity index (χ3v) is 15.7. The van der Waals surface area contributed by atoms with Gasteiger partial charge in [-0.3, -0.25) is 0 Å². The van der Waals surface area contributed by atoms with Gasteiger partial charge in [0.05, 0.1) is 5.41 Å². The summed E-state index contributed by atoms with van der Waals surface area (Å²) >= 11 is 0. The Kier molecular flexibility index (Phi) is 13.6. The fraction of sp³-hybridized carbons (Fsp3) is 0.0789. The van der Waals surface area contributed by atoms with E-state index in [1.807, 2.05) is 0 Å². The van der Waals surface area contributed by atoms with Gasteiger partial charge in [0.2, 0.25) is 0 Å². The van der Waals surface area contributed by atoms with Crippen LogP contribution in [0.2, 0.25) is 0 Å². The topological polar surface area (TPSA) is 3.24 Å². The molecule has 11 aromatic rings. The largest absolute Gasteiger partial charge is 0.311 e. The van der Waals surface area contributed by atoms with Crippen LogP contribution in [0.1, 0.15) is 51.8 Å². The van der Waals surface area contributed by atoms with E-state index in [-0.39, 0.29) is 5.41 Å². The molecule has 2 aliphatic rings. The summed E-state index contributed by atoms with van der Waals surface area (Å²) in [5, 5.41) is 0. The maximum Gasteiger partial charge on any atom is 0.0676 e. The van der Waals surface area contributed by atoms with E-state index in [1.54, 1.807) is 5.57 Å². The second-order valence-corrected chi connectivity index (χ2v) is 20.5. The highest BCUT2D eigenvalue weighted by atomic mass is 15.1. The van der Waals surface area contributed by atoms with Crippen molar-refractivity contribution in [3.8, 4) is 55.6 Å². The lowest BCUT2D eigenvalue weighted by Gasteiger charge is -2.36. The molecule has 0 heterocycles. The molecule has 0 aliphatic heterocycles. The molecule has 0 radical (unpaired) electrons. The van der Waals surface area contributed by atoms with Crippen LogP contribution in [-0.2, 0) is 5.41 Å². The Morgan fingerprint density at radius 3 is 1.34 bits per heavy atom. The summed E-state index contributed by atoms with van der Waals surface area (Å²) in [6, 6.07) is 101. The monoisotopic (exact) mass is 987 g/mol. The van der Waals surface area contributed by atoms with Crippen molar-refractivity contribution in [2.75, 3.05) is 4.90 Å². The van der Waals surface area contributed by atoms with Crippen molar-refractivity contribution in [1.82, 2.24) is 0 Å². The van der Waals surface area contributed by atoms with Crippen LogP contribution in [0.15, 0.2) is 297 Å². The van der Waals surface area contributed by atoms with E-state index in [9.17, 15) is 0 Å².